The average Bonchev–Trinajstić information content (AvgIpc) is 3.19. The van der Waals surface area contributed by atoms with Gasteiger partial charge in [0.25, 0.3) is 5.91 Å². The number of carbonyl (C=O) groups excluding carboxylic acids is 1. The minimum Gasteiger partial charge on any atom is -0.422 e. The summed E-state index contributed by atoms with van der Waals surface area (Å²) >= 11 is 1.10. The first-order valence-electron chi connectivity index (χ1n) is 9.80. The Labute approximate surface area is 193 Å². The molecular weight excluding hydrogens is 462 g/mol. The second kappa shape index (κ2) is 9.10. The zero-order valence-electron chi connectivity index (χ0n) is 17.4. The summed E-state index contributed by atoms with van der Waals surface area (Å²) in [4.78, 5) is 29.3. The van der Waals surface area contributed by atoms with Crippen molar-refractivity contribution in [3.05, 3.63) is 89.8 Å². The van der Waals surface area contributed by atoms with E-state index < -0.39 is 21.6 Å². The molecule has 0 saturated carbocycles. The summed E-state index contributed by atoms with van der Waals surface area (Å²) in [6, 6.07) is 12.9. The zero-order chi connectivity index (χ0) is 23.6. The number of fused-ring (bicyclic) bond motifs is 2. The molecule has 0 atom stereocenters. The number of hydrogen-bond acceptors (Lipinski definition) is 7. The van der Waals surface area contributed by atoms with E-state index in [1.165, 1.54) is 34.7 Å². The molecule has 2 aromatic heterocycles. The normalized spacial score (nSPS) is 11.7. The van der Waals surface area contributed by atoms with E-state index in [9.17, 15) is 18.0 Å². The van der Waals surface area contributed by atoms with Gasteiger partial charge in [0.05, 0.1) is 15.1 Å². The lowest BCUT2D eigenvalue weighted by atomic mass is 10.2. The molecule has 0 bridgehead atoms. The number of hydrogen-bond donors (Lipinski definition) is 1. The summed E-state index contributed by atoms with van der Waals surface area (Å²) in [6.45, 7) is 7.49. The fourth-order valence-electron chi connectivity index (χ4n) is 3.21. The Bertz CT molecular complexity index is 1540. The molecule has 0 aliphatic rings. The van der Waals surface area contributed by atoms with Gasteiger partial charge < -0.3 is 4.42 Å². The van der Waals surface area contributed by atoms with Crippen LogP contribution in [0, 0.1) is 0 Å². The zero-order valence-corrected chi connectivity index (χ0v) is 19.0. The van der Waals surface area contributed by atoms with Crippen LogP contribution in [0.4, 0.5) is 5.13 Å². The summed E-state index contributed by atoms with van der Waals surface area (Å²) in [5.41, 5.74) is -0.0144. The number of benzene rings is 2. The van der Waals surface area contributed by atoms with Gasteiger partial charge >= 0.3 is 5.63 Å². The molecule has 0 radical (unpaired) electrons. The van der Waals surface area contributed by atoms with Crippen molar-refractivity contribution in [1.82, 2.24) is 9.29 Å². The number of rotatable bonds is 8. The van der Waals surface area contributed by atoms with Crippen molar-refractivity contribution in [1.29, 1.82) is 0 Å². The first kappa shape index (κ1) is 22.6. The highest BCUT2D eigenvalue weighted by Crippen LogP contribution is 2.29. The molecule has 0 spiro atoms. The maximum absolute atomic E-state index is 13.0. The second-order valence-corrected chi connectivity index (χ2v) is 9.96. The number of carbonyl (C=O) groups is 1. The minimum absolute atomic E-state index is 0.0930. The third-order valence-electron chi connectivity index (χ3n) is 4.77. The first-order chi connectivity index (χ1) is 15.8. The SMILES string of the molecule is C=CCN(CC=C)S(=O)(=O)c1ccc2nc(NC(=O)c3cc4ccccc4oc3=O)sc2c1. The Kier molecular flexibility index (Phi) is 6.23. The molecule has 2 aromatic carbocycles. The maximum Gasteiger partial charge on any atom is 0.349 e. The van der Waals surface area contributed by atoms with Crippen LogP contribution in [0.15, 0.2) is 87.9 Å². The van der Waals surface area contributed by atoms with Gasteiger partial charge in [0.2, 0.25) is 10.0 Å². The summed E-state index contributed by atoms with van der Waals surface area (Å²) in [5.74, 6) is -0.662. The predicted octanol–water partition coefficient (Wildman–Crippen LogP) is 4.02. The van der Waals surface area contributed by atoms with Crippen LogP contribution in [0.5, 0.6) is 0 Å². The van der Waals surface area contributed by atoms with Crippen LogP contribution >= 0.6 is 11.3 Å². The van der Waals surface area contributed by atoms with Gasteiger partial charge in [-0.3, -0.25) is 10.1 Å². The van der Waals surface area contributed by atoms with Gasteiger partial charge in [-0.25, -0.2) is 18.2 Å². The van der Waals surface area contributed by atoms with Crippen molar-refractivity contribution >= 4 is 53.6 Å². The Hall–Kier alpha value is -3.60. The minimum atomic E-state index is -3.77. The number of amides is 1. The number of nitrogens with one attached hydrogen (secondary N) is 1. The van der Waals surface area contributed by atoms with Crippen molar-refractivity contribution in [2.24, 2.45) is 0 Å². The van der Waals surface area contributed by atoms with Crippen LogP contribution in [0.25, 0.3) is 21.2 Å². The number of sulfonamides is 1. The Morgan fingerprint density at radius 2 is 1.85 bits per heavy atom. The second-order valence-electron chi connectivity index (χ2n) is 6.99. The third kappa shape index (κ3) is 4.49. The smallest absolute Gasteiger partial charge is 0.349 e. The van der Waals surface area contributed by atoms with Crippen LogP contribution in [0.1, 0.15) is 10.4 Å². The third-order valence-corrected chi connectivity index (χ3v) is 7.53. The van der Waals surface area contributed by atoms with E-state index in [2.05, 4.69) is 23.5 Å². The van der Waals surface area contributed by atoms with Crippen molar-refractivity contribution in [3.8, 4) is 0 Å². The van der Waals surface area contributed by atoms with Gasteiger partial charge in [0.15, 0.2) is 5.13 Å². The Morgan fingerprint density at radius 3 is 2.58 bits per heavy atom. The van der Waals surface area contributed by atoms with Crippen LogP contribution in [-0.2, 0) is 10.0 Å². The first-order valence-corrected chi connectivity index (χ1v) is 12.1. The summed E-state index contributed by atoms with van der Waals surface area (Å²) < 4.78 is 33.0. The highest BCUT2D eigenvalue weighted by Gasteiger charge is 2.23. The number of para-hydroxylation sites is 1. The number of aromatic nitrogens is 1. The molecular formula is C23H19N3O5S2. The van der Waals surface area contributed by atoms with E-state index in [0.29, 0.717) is 21.2 Å². The van der Waals surface area contributed by atoms with E-state index in [-0.39, 0.29) is 28.7 Å². The molecule has 1 N–H and O–H groups in total. The van der Waals surface area contributed by atoms with E-state index in [1.807, 2.05) is 0 Å². The van der Waals surface area contributed by atoms with Gasteiger partial charge in [-0.1, -0.05) is 41.7 Å². The molecule has 4 rings (SSSR count). The van der Waals surface area contributed by atoms with E-state index in [1.54, 1.807) is 30.3 Å². The molecule has 10 heteroatoms. The van der Waals surface area contributed by atoms with Crippen LogP contribution in [0.3, 0.4) is 0 Å². The molecule has 4 aromatic rings. The standard InChI is InChI=1S/C23H19N3O5S2/c1-3-11-26(12-4-2)33(29,30)16-9-10-18-20(14-16)32-23(24-18)25-21(27)17-13-15-7-5-6-8-19(15)31-22(17)28/h3-10,13-14H,1-2,11-12H2,(H,24,25,27). The van der Waals surface area contributed by atoms with Crippen molar-refractivity contribution in [3.63, 3.8) is 0 Å². The number of anilines is 1. The van der Waals surface area contributed by atoms with Crippen LogP contribution < -0.4 is 10.9 Å². The highest BCUT2D eigenvalue weighted by atomic mass is 32.2. The molecule has 168 valence electrons. The summed E-state index contributed by atoms with van der Waals surface area (Å²) in [7, 11) is -3.77. The van der Waals surface area contributed by atoms with E-state index in [0.717, 1.165) is 11.3 Å². The topological polar surface area (TPSA) is 110 Å². The quantitative estimate of drug-likeness (QED) is 0.301. The largest absolute Gasteiger partial charge is 0.422 e. The lowest BCUT2D eigenvalue weighted by Crippen LogP contribution is -2.31. The molecule has 1 amide bonds. The van der Waals surface area contributed by atoms with E-state index >= 15 is 0 Å². The van der Waals surface area contributed by atoms with Crippen molar-refractivity contribution in [2.75, 3.05) is 18.4 Å². The molecule has 0 saturated heterocycles. The molecule has 2 heterocycles. The lowest BCUT2D eigenvalue weighted by Gasteiger charge is -2.18. The molecule has 0 aliphatic heterocycles. The van der Waals surface area contributed by atoms with Crippen LogP contribution in [0.2, 0.25) is 0 Å². The van der Waals surface area contributed by atoms with Gasteiger partial charge in [0.1, 0.15) is 11.1 Å². The summed E-state index contributed by atoms with van der Waals surface area (Å²) in [5, 5.41) is 3.44. The van der Waals surface area contributed by atoms with Gasteiger partial charge in [0, 0.05) is 18.5 Å². The lowest BCUT2D eigenvalue weighted by molar-refractivity contribution is 0.102. The average molecular weight is 482 g/mol. The number of nitrogens with zero attached hydrogens (tertiary/aromatic N) is 2. The van der Waals surface area contributed by atoms with Crippen LogP contribution in [-0.4, -0.2) is 36.7 Å². The van der Waals surface area contributed by atoms with Gasteiger partial charge in [-0.05, 0) is 30.3 Å². The highest BCUT2D eigenvalue weighted by molar-refractivity contribution is 7.89. The summed E-state index contributed by atoms with van der Waals surface area (Å²) in [6.07, 6.45) is 3.01. The molecule has 0 aliphatic carbocycles. The Balaban J connectivity index is 1.63. The molecule has 0 fully saturated rings. The maximum atomic E-state index is 13.0. The van der Waals surface area contributed by atoms with Gasteiger partial charge in [-0.2, -0.15) is 4.31 Å². The van der Waals surface area contributed by atoms with Crippen molar-refractivity contribution < 1.29 is 17.6 Å². The fraction of sp³-hybridized carbons (Fsp3) is 0.0870. The van der Waals surface area contributed by atoms with E-state index in [4.69, 9.17) is 4.42 Å². The molecule has 8 nitrogen and oxygen atoms in total. The monoisotopic (exact) mass is 481 g/mol. The molecule has 0 unspecified atom stereocenters. The van der Waals surface area contributed by atoms with Crippen molar-refractivity contribution in [2.45, 2.75) is 4.90 Å². The Morgan fingerprint density at radius 1 is 1.12 bits per heavy atom. The van der Waals surface area contributed by atoms with Gasteiger partial charge in [-0.15, -0.1) is 13.2 Å². The number of thiazole rings is 1. The fourth-order valence-corrected chi connectivity index (χ4v) is 5.59. The molecule has 33 heavy (non-hydrogen) atoms. The predicted molar refractivity (Wildman–Crippen MR) is 129 cm³/mol.